The molecule has 0 fully saturated rings. The number of halogens is 1. The van der Waals surface area contributed by atoms with E-state index in [9.17, 15) is 0 Å². The molecule has 78 valence electrons. The Morgan fingerprint density at radius 3 is 2.60 bits per heavy atom. The Morgan fingerprint density at radius 1 is 1.20 bits per heavy atom. The molecular weight excluding hydrogens is 212 g/mol. The van der Waals surface area contributed by atoms with Gasteiger partial charge in [-0.05, 0) is 17.7 Å². The van der Waals surface area contributed by atoms with Crippen molar-refractivity contribution < 1.29 is 5.11 Å². The van der Waals surface area contributed by atoms with Crippen molar-refractivity contribution in [1.82, 2.24) is 9.78 Å². The van der Waals surface area contributed by atoms with E-state index in [-0.39, 0.29) is 6.61 Å². The molecule has 2 rings (SSSR count). The van der Waals surface area contributed by atoms with Gasteiger partial charge < -0.3 is 5.11 Å². The van der Waals surface area contributed by atoms with Crippen LogP contribution in [0.1, 0.15) is 0 Å². The zero-order chi connectivity index (χ0) is 10.7. The molecule has 2 aromatic rings. The molecule has 0 unspecified atom stereocenters. The standard InChI is InChI=1S/C11H11ClN2O/c12-11-3-1-9(2-4-11)10-7-13-14(8-10)5-6-15/h1-4,7-8,15H,5-6H2. The molecule has 1 heterocycles. The van der Waals surface area contributed by atoms with Crippen molar-refractivity contribution in [3.63, 3.8) is 0 Å². The highest BCUT2D eigenvalue weighted by Gasteiger charge is 2.00. The van der Waals surface area contributed by atoms with E-state index in [4.69, 9.17) is 16.7 Å². The van der Waals surface area contributed by atoms with Crippen molar-refractivity contribution in [3.8, 4) is 11.1 Å². The number of nitrogens with zero attached hydrogens (tertiary/aromatic N) is 2. The molecular formula is C11H11ClN2O. The van der Waals surface area contributed by atoms with Gasteiger partial charge in [0.2, 0.25) is 0 Å². The molecule has 15 heavy (non-hydrogen) atoms. The summed E-state index contributed by atoms with van der Waals surface area (Å²) >= 11 is 5.80. The Bertz CT molecular complexity index is 436. The second-order valence-electron chi connectivity index (χ2n) is 3.22. The minimum atomic E-state index is 0.0989. The topological polar surface area (TPSA) is 38.0 Å². The number of aliphatic hydroxyl groups excluding tert-OH is 1. The van der Waals surface area contributed by atoms with E-state index in [0.29, 0.717) is 6.54 Å². The smallest absolute Gasteiger partial charge is 0.0641 e. The van der Waals surface area contributed by atoms with E-state index in [0.717, 1.165) is 16.1 Å². The monoisotopic (exact) mass is 222 g/mol. The van der Waals surface area contributed by atoms with Gasteiger partial charge in [-0.1, -0.05) is 23.7 Å². The third kappa shape index (κ3) is 2.37. The maximum Gasteiger partial charge on any atom is 0.0641 e. The predicted octanol–water partition coefficient (Wildman–Crippen LogP) is 2.20. The Balaban J connectivity index is 2.25. The van der Waals surface area contributed by atoms with Crippen molar-refractivity contribution in [2.24, 2.45) is 0 Å². The Labute approximate surface area is 92.9 Å². The summed E-state index contributed by atoms with van der Waals surface area (Å²) in [4.78, 5) is 0. The number of aromatic nitrogens is 2. The first kappa shape index (κ1) is 10.2. The number of benzene rings is 1. The molecule has 0 spiro atoms. The molecule has 0 bridgehead atoms. The van der Waals surface area contributed by atoms with Crippen LogP contribution in [0.15, 0.2) is 36.7 Å². The maximum atomic E-state index is 8.76. The van der Waals surface area contributed by atoms with Gasteiger partial charge in [0, 0.05) is 16.8 Å². The summed E-state index contributed by atoms with van der Waals surface area (Å²) in [6.45, 7) is 0.620. The van der Waals surface area contributed by atoms with Gasteiger partial charge in [0.05, 0.1) is 19.3 Å². The molecule has 0 aliphatic rings. The van der Waals surface area contributed by atoms with Gasteiger partial charge in [0.1, 0.15) is 0 Å². The molecule has 1 N–H and O–H groups in total. The van der Waals surface area contributed by atoms with Crippen LogP contribution in [0, 0.1) is 0 Å². The zero-order valence-corrected chi connectivity index (χ0v) is 8.85. The number of aliphatic hydroxyl groups is 1. The van der Waals surface area contributed by atoms with E-state index in [1.54, 1.807) is 10.9 Å². The van der Waals surface area contributed by atoms with Crippen molar-refractivity contribution in [3.05, 3.63) is 41.7 Å². The summed E-state index contributed by atoms with van der Waals surface area (Å²) < 4.78 is 1.71. The summed E-state index contributed by atoms with van der Waals surface area (Å²) in [5, 5.41) is 13.6. The minimum absolute atomic E-state index is 0.0989. The van der Waals surface area contributed by atoms with Crippen LogP contribution < -0.4 is 0 Å². The Kier molecular flexibility index (Phi) is 3.04. The molecule has 0 saturated heterocycles. The molecule has 0 aliphatic heterocycles. The van der Waals surface area contributed by atoms with Crippen LogP contribution in [0.25, 0.3) is 11.1 Å². The van der Waals surface area contributed by atoms with Crippen molar-refractivity contribution in [1.29, 1.82) is 0 Å². The second kappa shape index (κ2) is 4.47. The van der Waals surface area contributed by atoms with Crippen LogP contribution in [0.3, 0.4) is 0 Å². The second-order valence-corrected chi connectivity index (χ2v) is 3.66. The highest BCUT2D eigenvalue weighted by molar-refractivity contribution is 6.30. The molecule has 0 aliphatic carbocycles. The van der Waals surface area contributed by atoms with Crippen LogP contribution in [-0.2, 0) is 6.54 Å². The summed E-state index contributed by atoms with van der Waals surface area (Å²) in [5.41, 5.74) is 2.10. The van der Waals surface area contributed by atoms with Crippen molar-refractivity contribution >= 4 is 11.6 Å². The molecule has 0 amide bonds. The lowest BCUT2D eigenvalue weighted by Gasteiger charge is -1.97. The lowest BCUT2D eigenvalue weighted by molar-refractivity contribution is 0.269. The number of hydrogen-bond acceptors (Lipinski definition) is 2. The van der Waals surface area contributed by atoms with Gasteiger partial charge in [-0.3, -0.25) is 4.68 Å². The molecule has 3 nitrogen and oxygen atoms in total. The van der Waals surface area contributed by atoms with E-state index < -0.39 is 0 Å². The van der Waals surface area contributed by atoms with E-state index >= 15 is 0 Å². The number of hydrogen-bond donors (Lipinski definition) is 1. The van der Waals surface area contributed by atoms with Crippen molar-refractivity contribution in [2.75, 3.05) is 6.61 Å². The summed E-state index contributed by atoms with van der Waals surface area (Å²) in [6.07, 6.45) is 3.68. The molecule has 4 heteroatoms. The Morgan fingerprint density at radius 2 is 1.93 bits per heavy atom. The van der Waals surface area contributed by atoms with Crippen LogP contribution >= 0.6 is 11.6 Å². The van der Waals surface area contributed by atoms with Crippen LogP contribution in [-0.4, -0.2) is 21.5 Å². The predicted molar refractivity (Wildman–Crippen MR) is 59.8 cm³/mol. The lowest BCUT2D eigenvalue weighted by Crippen LogP contribution is -2.01. The first-order chi connectivity index (χ1) is 7.29. The average molecular weight is 223 g/mol. The summed E-state index contributed by atoms with van der Waals surface area (Å²) in [7, 11) is 0. The quantitative estimate of drug-likeness (QED) is 0.865. The van der Waals surface area contributed by atoms with Gasteiger partial charge in [-0.15, -0.1) is 0 Å². The fraction of sp³-hybridized carbons (Fsp3) is 0.182. The lowest BCUT2D eigenvalue weighted by atomic mass is 10.1. The van der Waals surface area contributed by atoms with Crippen LogP contribution in [0.5, 0.6) is 0 Å². The molecule has 0 radical (unpaired) electrons. The van der Waals surface area contributed by atoms with Gasteiger partial charge in [-0.25, -0.2) is 0 Å². The van der Waals surface area contributed by atoms with Gasteiger partial charge in [0.15, 0.2) is 0 Å². The van der Waals surface area contributed by atoms with E-state index in [1.165, 1.54) is 0 Å². The van der Waals surface area contributed by atoms with Crippen LogP contribution in [0.2, 0.25) is 5.02 Å². The first-order valence-corrected chi connectivity index (χ1v) is 5.06. The fourth-order valence-electron chi connectivity index (χ4n) is 1.38. The maximum absolute atomic E-state index is 8.76. The molecule has 1 aromatic heterocycles. The first-order valence-electron chi connectivity index (χ1n) is 4.69. The SMILES string of the molecule is OCCn1cc(-c2ccc(Cl)cc2)cn1. The third-order valence-corrected chi connectivity index (χ3v) is 2.39. The van der Waals surface area contributed by atoms with Gasteiger partial charge >= 0.3 is 0 Å². The zero-order valence-electron chi connectivity index (χ0n) is 8.10. The average Bonchev–Trinajstić information content (AvgIpc) is 2.68. The molecule has 0 saturated carbocycles. The Hall–Kier alpha value is -1.32. The van der Waals surface area contributed by atoms with Gasteiger partial charge in [-0.2, -0.15) is 5.10 Å². The van der Waals surface area contributed by atoms with E-state index in [1.807, 2.05) is 30.5 Å². The largest absolute Gasteiger partial charge is 0.394 e. The van der Waals surface area contributed by atoms with Crippen molar-refractivity contribution in [2.45, 2.75) is 6.54 Å². The summed E-state index contributed by atoms with van der Waals surface area (Å²) in [5.74, 6) is 0. The molecule has 1 aromatic carbocycles. The number of rotatable bonds is 3. The summed E-state index contributed by atoms with van der Waals surface area (Å²) in [6, 6.07) is 7.59. The third-order valence-electron chi connectivity index (χ3n) is 2.14. The minimum Gasteiger partial charge on any atom is -0.394 e. The van der Waals surface area contributed by atoms with Gasteiger partial charge in [0.25, 0.3) is 0 Å². The molecule has 0 atom stereocenters. The highest BCUT2D eigenvalue weighted by atomic mass is 35.5. The fourth-order valence-corrected chi connectivity index (χ4v) is 1.51. The van der Waals surface area contributed by atoms with E-state index in [2.05, 4.69) is 5.10 Å². The van der Waals surface area contributed by atoms with Crippen LogP contribution in [0.4, 0.5) is 0 Å². The highest BCUT2D eigenvalue weighted by Crippen LogP contribution is 2.20. The normalized spacial score (nSPS) is 10.5.